The summed E-state index contributed by atoms with van der Waals surface area (Å²) in [5.74, 6) is -1.03. The van der Waals surface area contributed by atoms with Gasteiger partial charge in [0.05, 0.1) is 6.61 Å². The lowest BCUT2D eigenvalue weighted by Gasteiger charge is -2.08. The number of hydrogen-bond acceptors (Lipinski definition) is 4. The van der Waals surface area contributed by atoms with Crippen molar-refractivity contribution in [3.8, 4) is 0 Å². The van der Waals surface area contributed by atoms with Crippen molar-refractivity contribution in [2.24, 2.45) is 0 Å². The number of esters is 1. The highest BCUT2D eigenvalue weighted by atomic mass is 16.5. The summed E-state index contributed by atoms with van der Waals surface area (Å²) in [7, 11) is 0. The molecule has 0 aliphatic heterocycles. The maximum absolute atomic E-state index is 11.7. The summed E-state index contributed by atoms with van der Waals surface area (Å²) >= 11 is 0. The molecule has 0 aliphatic rings. The Morgan fingerprint density at radius 3 is 2.41 bits per heavy atom. The predicted molar refractivity (Wildman–Crippen MR) is 62.8 cm³/mol. The van der Waals surface area contributed by atoms with Crippen LogP contribution in [-0.4, -0.2) is 29.6 Å². The number of aliphatic hydroxyl groups is 1. The van der Waals surface area contributed by atoms with E-state index in [2.05, 4.69) is 4.74 Å². The van der Waals surface area contributed by atoms with Crippen LogP contribution in [0, 0.1) is 6.92 Å². The highest BCUT2D eigenvalue weighted by molar-refractivity contribution is 5.98. The highest BCUT2D eigenvalue weighted by Gasteiger charge is 2.20. The van der Waals surface area contributed by atoms with Crippen LogP contribution in [-0.2, 0) is 9.53 Å². The molecule has 4 heteroatoms. The Hall–Kier alpha value is -1.68. The van der Waals surface area contributed by atoms with Gasteiger partial charge in [0.1, 0.15) is 0 Å². The zero-order valence-electron chi connectivity index (χ0n) is 9.97. The van der Waals surface area contributed by atoms with Gasteiger partial charge in [-0.3, -0.25) is 4.79 Å². The number of ether oxygens (including phenoxy) is 1. The highest BCUT2D eigenvalue weighted by Crippen LogP contribution is 2.08. The largest absolute Gasteiger partial charge is 0.464 e. The van der Waals surface area contributed by atoms with Gasteiger partial charge in [0.2, 0.25) is 0 Å². The number of carbonyl (C=O) groups excluding carboxylic acids is 2. The molecule has 0 aromatic heterocycles. The molecule has 1 N–H and O–H groups in total. The van der Waals surface area contributed by atoms with Crippen LogP contribution in [0.5, 0.6) is 0 Å². The van der Waals surface area contributed by atoms with Gasteiger partial charge < -0.3 is 9.84 Å². The van der Waals surface area contributed by atoms with Gasteiger partial charge in [-0.1, -0.05) is 29.8 Å². The van der Waals surface area contributed by atoms with Gasteiger partial charge in [-0.2, -0.15) is 0 Å². The summed E-state index contributed by atoms with van der Waals surface area (Å²) in [6.07, 6.45) is -1.63. The van der Waals surface area contributed by atoms with Crippen LogP contribution < -0.4 is 0 Å². The molecule has 1 atom stereocenters. The Kier molecular flexibility index (Phi) is 4.84. The normalized spacial score (nSPS) is 11.9. The molecule has 4 nitrogen and oxygen atoms in total. The Morgan fingerprint density at radius 1 is 1.29 bits per heavy atom. The van der Waals surface area contributed by atoms with Crippen LogP contribution in [0.4, 0.5) is 0 Å². The summed E-state index contributed by atoms with van der Waals surface area (Å²) in [5, 5.41) is 9.44. The molecule has 0 fully saturated rings. The SMILES string of the molecule is CCOC(=O)C(O)CC(=O)c1ccc(C)cc1. The number of aliphatic hydroxyl groups excluding tert-OH is 1. The van der Waals surface area contributed by atoms with E-state index in [0.29, 0.717) is 5.56 Å². The molecule has 0 amide bonds. The number of rotatable bonds is 5. The van der Waals surface area contributed by atoms with Crippen LogP contribution in [0.1, 0.15) is 29.3 Å². The lowest BCUT2D eigenvalue weighted by Crippen LogP contribution is -2.26. The van der Waals surface area contributed by atoms with E-state index in [4.69, 9.17) is 0 Å². The first-order chi connectivity index (χ1) is 8.04. The average Bonchev–Trinajstić information content (AvgIpc) is 2.30. The first-order valence-corrected chi connectivity index (χ1v) is 5.49. The van der Waals surface area contributed by atoms with E-state index >= 15 is 0 Å². The smallest absolute Gasteiger partial charge is 0.335 e. The molecule has 0 saturated heterocycles. The van der Waals surface area contributed by atoms with Crippen molar-refractivity contribution in [3.05, 3.63) is 35.4 Å². The van der Waals surface area contributed by atoms with Gasteiger partial charge in [-0.25, -0.2) is 4.79 Å². The van der Waals surface area contributed by atoms with Crippen molar-refractivity contribution >= 4 is 11.8 Å². The lowest BCUT2D eigenvalue weighted by molar-refractivity contribution is -0.152. The van der Waals surface area contributed by atoms with Crippen molar-refractivity contribution in [3.63, 3.8) is 0 Å². The van der Waals surface area contributed by atoms with Crippen molar-refractivity contribution in [2.45, 2.75) is 26.4 Å². The van der Waals surface area contributed by atoms with Gasteiger partial charge in [-0.15, -0.1) is 0 Å². The zero-order chi connectivity index (χ0) is 12.8. The third kappa shape index (κ3) is 4.00. The number of Topliss-reactive ketones (excluding diaryl/α,β-unsaturated/α-hetero) is 1. The molecule has 0 aliphatic carbocycles. The number of carbonyl (C=O) groups is 2. The zero-order valence-corrected chi connectivity index (χ0v) is 9.97. The van der Waals surface area contributed by atoms with E-state index in [-0.39, 0.29) is 18.8 Å². The van der Waals surface area contributed by atoms with E-state index in [1.54, 1.807) is 19.1 Å². The number of benzene rings is 1. The molecule has 0 spiro atoms. The van der Waals surface area contributed by atoms with Gasteiger partial charge in [0.25, 0.3) is 0 Å². The van der Waals surface area contributed by atoms with Crippen LogP contribution >= 0.6 is 0 Å². The van der Waals surface area contributed by atoms with Gasteiger partial charge in [0, 0.05) is 12.0 Å². The topological polar surface area (TPSA) is 63.6 Å². The van der Waals surface area contributed by atoms with Crippen molar-refractivity contribution < 1.29 is 19.4 Å². The molecule has 17 heavy (non-hydrogen) atoms. The summed E-state index contributed by atoms with van der Waals surface area (Å²) in [6.45, 7) is 3.75. The molecule has 1 rings (SSSR count). The maximum atomic E-state index is 11.7. The number of ketones is 1. The van der Waals surface area contributed by atoms with Crippen LogP contribution in [0.2, 0.25) is 0 Å². The van der Waals surface area contributed by atoms with Crippen molar-refractivity contribution in [1.29, 1.82) is 0 Å². The van der Waals surface area contributed by atoms with E-state index < -0.39 is 12.1 Å². The van der Waals surface area contributed by atoms with Gasteiger partial charge >= 0.3 is 5.97 Å². The molecule has 0 heterocycles. The third-order valence-electron chi connectivity index (χ3n) is 2.31. The first-order valence-electron chi connectivity index (χ1n) is 5.49. The molecule has 0 saturated carbocycles. The maximum Gasteiger partial charge on any atom is 0.335 e. The fourth-order valence-electron chi connectivity index (χ4n) is 1.35. The Bertz CT molecular complexity index is 394. The lowest BCUT2D eigenvalue weighted by atomic mass is 10.0. The summed E-state index contributed by atoms with van der Waals surface area (Å²) < 4.78 is 4.62. The van der Waals surface area contributed by atoms with Gasteiger partial charge in [0.15, 0.2) is 11.9 Å². The second-order valence-corrected chi connectivity index (χ2v) is 3.76. The van der Waals surface area contributed by atoms with Crippen LogP contribution in [0.15, 0.2) is 24.3 Å². The van der Waals surface area contributed by atoms with Gasteiger partial charge in [-0.05, 0) is 13.8 Å². The Labute approximate surface area is 100 Å². The third-order valence-corrected chi connectivity index (χ3v) is 2.31. The minimum absolute atomic E-state index is 0.189. The average molecular weight is 236 g/mol. The molecule has 92 valence electrons. The molecule has 1 aromatic carbocycles. The second kappa shape index (κ2) is 6.15. The van der Waals surface area contributed by atoms with Crippen molar-refractivity contribution in [2.75, 3.05) is 6.61 Å². The molecule has 1 unspecified atom stereocenters. The van der Waals surface area contributed by atoms with E-state index in [0.717, 1.165) is 5.56 Å². The standard InChI is InChI=1S/C13H16O4/c1-3-17-13(16)12(15)8-11(14)10-6-4-9(2)5-7-10/h4-7,12,15H,3,8H2,1-2H3. The first kappa shape index (κ1) is 13.4. The van der Waals surface area contributed by atoms with E-state index in [1.807, 2.05) is 19.1 Å². The minimum Gasteiger partial charge on any atom is -0.464 e. The van der Waals surface area contributed by atoms with Crippen molar-refractivity contribution in [1.82, 2.24) is 0 Å². The number of aryl methyl sites for hydroxylation is 1. The minimum atomic E-state index is -1.39. The van der Waals surface area contributed by atoms with E-state index in [9.17, 15) is 14.7 Å². The molecular weight excluding hydrogens is 220 g/mol. The fraction of sp³-hybridized carbons (Fsp3) is 0.385. The molecule has 0 bridgehead atoms. The van der Waals surface area contributed by atoms with Crippen LogP contribution in [0.25, 0.3) is 0 Å². The summed E-state index contributed by atoms with van der Waals surface area (Å²) in [6, 6.07) is 6.97. The summed E-state index contributed by atoms with van der Waals surface area (Å²) in [5.41, 5.74) is 1.53. The quantitative estimate of drug-likeness (QED) is 0.621. The second-order valence-electron chi connectivity index (χ2n) is 3.76. The number of hydrogen-bond donors (Lipinski definition) is 1. The van der Waals surface area contributed by atoms with Crippen LogP contribution in [0.3, 0.4) is 0 Å². The molecule has 1 aromatic rings. The van der Waals surface area contributed by atoms with E-state index in [1.165, 1.54) is 0 Å². The summed E-state index contributed by atoms with van der Waals surface area (Å²) in [4.78, 5) is 22.8. The molecule has 0 radical (unpaired) electrons. The Morgan fingerprint density at radius 2 is 1.88 bits per heavy atom. The Balaban J connectivity index is 2.60. The predicted octanol–water partition coefficient (Wildman–Crippen LogP) is 1.49. The molecular formula is C13H16O4. The fourth-order valence-corrected chi connectivity index (χ4v) is 1.35. The monoisotopic (exact) mass is 236 g/mol.